The molecule has 0 saturated carbocycles. The van der Waals surface area contributed by atoms with Crippen LogP contribution in [0.15, 0.2) is 29.3 Å². The van der Waals surface area contributed by atoms with Crippen LogP contribution in [0.1, 0.15) is 19.8 Å². The molecular formula is C18H21N3O4S. The Morgan fingerprint density at radius 2 is 2.19 bits per heavy atom. The minimum absolute atomic E-state index is 0.105. The first kappa shape index (κ1) is 18.4. The molecule has 2 aliphatic heterocycles. The molecule has 0 aromatic carbocycles. The zero-order chi connectivity index (χ0) is 18.7. The zero-order valence-corrected chi connectivity index (χ0v) is 15.4. The highest BCUT2D eigenvalue weighted by Crippen LogP contribution is 2.21. The number of fused-ring (bicyclic) bond motifs is 1. The van der Waals surface area contributed by atoms with Crippen molar-refractivity contribution in [2.45, 2.75) is 19.8 Å². The summed E-state index contributed by atoms with van der Waals surface area (Å²) in [5, 5.41) is 0.105. The number of nitrogens with zero attached hydrogens (tertiary/aromatic N) is 3. The first-order valence-electron chi connectivity index (χ1n) is 8.74. The molecule has 8 heteroatoms. The summed E-state index contributed by atoms with van der Waals surface area (Å²) < 4.78 is 5.06. The number of hydrogen-bond acceptors (Lipinski definition) is 5. The molecule has 1 aliphatic carbocycles. The maximum atomic E-state index is 12.7. The van der Waals surface area contributed by atoms with Crippen molar-refractivity contribution >= 4 is 40.8 Å². The summed E-state index contributed by atoms with van der Waals surface area (Å²) in [7, 11) is 0. The summed E-state index contributed by atoms with van der Waals surface area (Å²) in [5.41, 5.74) is 0.603. The number of likely N-dealkylation sites (tertiary alicyclic amines) is 1. The lowest BCUT2D eigenvalue weighted by Crippen LogP contribution is -2.52. The van der Waals surface area contributed by atoms with Crippen LogP contribution in [0.25, 0.3) is 0 Å². The first-order chi connectivity index (χ1) is 12.5. The monoisotopic (exact) mass is 375 g/mol. The standard InChI is InChI=1S/C18H21N3O4S/c1-2-25-17(24)12-6-5-9-20(10-12)15(22)11-21-16(23)13-7-3-4-8-14(13)19-18(21)26/h3-4,7-8,12-13H,2,5-6,9-11H2,1H3. The second kappa shape index (κ2) is 7.90. The van der Waals surface area contributed by atoms with E-state index in [1.807, 2.05) is 0 Å². The van der Waals surface area contributed by atoms with Gasteiger partial charge in [-0.2, -0.15) is 0 Å². The topological polar surface area (TPSA) is 79.3 Å². The number of amides is 2. The van der Waals surface area contributed by atoms with E-state index in [9.17, 15) is 14.4 Å². The van der Waals surface area contributed by atoms with Crippen molar-refractivity contribution < 1.29 is 19.1 Å². The molecule has 0 N–H and O–H groups in total. The van der Waals surface area contributed by atoms with E-state index in [-0.39, 0.29) is 35.4 Å². The van der Waals surface area contributed by atoms with Gasteiger partial charge in [0.05, 0.1) is 24.2 Å². The van der Waals surface area contributed by atoms with Crippen LogP contribution in [0.3, 0.4) is 0 Å². The number of thiocarbonyl (C=S) groups is 1. The number of rotatable bonds is 4. The normalized spacial score (nSPS) is 25.0. The Balaban J connectivity index is 1.66. The SMILES string of the molecule is CCOC(=O)C1CCCN(C(=O)CN2C(=O)C3C=CC=CC3=NC2=S)C1. The fourth-order valence-corrected chi connectivity index (χ4v) is 3.58. The predicted molar refractivity (Wildman–Crippen MR) is 99.5 cm³/mol. The molecule has 3 aliphatic rings. The third-order valence-corrected chi connectivity index (χ3v) is 4.99. The van der Waals surface area contributed by atoms with Gasteiger partial charge in [0.2, 0.25) is 16.9 Å². The molecule has 1 saturated heterocycles. The van der Waals surface area contributed by atoms with Crippen LogP contribution in [0, 0.1) is 11.8 Å². The van der Waals surface area contributed by atoms with Gasteiger partial charge in [-0.3, -0.25) is 19.3 Å². The van der Waals surface area contributed by atoms with Gasteiger partial charge in [-0.1, -0.05) is 18.2 Å². The van der Waals surface area contributed by atoms with E-state index in [0.29, 0.717) is 31.8 Å². The van der Waals surface area contributed by atoms with Crippen molar-refractivity contribution in [3.63, 3.8) is 0 Å². The molecular weight excluding hydrogens is 354 g/mol. The van der Waals surface area contributed by atoms with Gasteiger partial charge in [-0.05, 0) is 38.1 Å². The number of carbonyl (C=O) groups is 3. The number of aliphatic imine (C=N–C) groups is 1. The Morgan fingerprint density at radius 3 is 2.96 bits per heavy atom. The van der Waals surface area contributed by atoms with Crippen LogP contribution in [0.2, 0.25) is 0 Å². The van der Waals surface area contributed by atoms with Crippen molar-refractivity contribution in [1.82, 2.24) is 9.80 Å². The minimum atomic E-state index is -0.492. The van der Waals surface area contributed by atoms with Crippen molar-refractivity contribution in [1.29, 1.82) is 0 Å². The number of carbonyl (C=O) groups excluding carboxylic acids is 3. The Hall–Kier alpha value is -2.35. The molecule has 2 heterocycles. The van der Waals surface area contributed by atoms with E-state index >= 15 is 0 Å². The maximum absolute atomic E-state index is 12.7. The summed E-state index contributed by atoms with van der Waals surface area (Å²) in [6.45, 7) is 2.80. The average molecular weight is 375 g/mol. The van der Waals surface area contributed by atoms with E-state index in [0.717, 1.165) is 6.42 Å². The molecule has 2 atom stereocenters. The third-order valence-electron chi connectivity index (χ3n) is 4.68. The Labute approximate surface area is 157 Å². The quantitative estimate of drug-likeness (QED) is 0.543. The third kappa shape index (κ3) is 3.75. The molecule has 2 unspecified atom stereocenters. The molecule has 0 radical (unpaired) electrons. The van der Waals surface area contributed by atoms with Gasteiger partial charge >= 0.3 is 5.97 Å². The minimum Gasteiger partial charge on any atom is -0.466 e. The van der Waals surface area contributed by atoms with E-state index in [2.05, 4.69) is 4.99 Å². The smallest absolute Gasteiger partial charge is 0.310 e. The molecule has 2 amide bonds. The molecule has 26 heavy (non-hydrogen) atoms. The molecule has 0 bridgehead atoms. The second-order valence-corrected chi connectivity index (χ2v) is 6.76. The zero-order valence-electron chi connectivity index (χ0n) is 14.6. The number of esters is 1. The summed E-state index contributed by atoms with van der Waals surface area (Å²) in [6.07, 6.45) is 8.52. The largest absolute Gasteiger partial charge is 0.466 e. The van der Waals surface area contributed by atoms with E-state index < -0.39 is 5.92 Å². The van der Waals surface area contributed by atoms with E-state index in [4.69, 9.17) is 17.0 Å². The highest BCUT2D eigenvalue weighted by atomic mass is 32.1. The Bertz CT molecular complexity index is 728. The number of allylic oxidation sites excluding steroid dienone is 3. The van der Waals surface area contributed by atoms with Crippen molar-refractivity contribution in [2.24, 2.45) is 16.8 Å². The van der Waals surface area contributed by atoms with Crippen LogP contribution < -0.4 is 0 Å². The van der Waals surface area contributed by atoms with Crippen LogP contribution >= 0.6 is 12.2 Å². The molecule has 7 nitrogen and oxygen atoms in total. The van der Waals surface area contributed by atoms with Crippen molar-refractivity contribution in [3.8, 4) is 0 Å². The predicted octanol–water partition coefficient (Wildman–Crippen LogP) is 1.10. The van der Waals surface area contributed by atoms with Crippen LogP contribution in [0.4, 0.5) is 0 Å². The molecule has 3 rings (SSSR count). The maximum Gasteiger partial charge on any atom is 0.310 e. The van der Waals surface area contributed by atoms with Gasteiger partial charge in [-0.15, -0.1) is 0 Å². The Morgan fingerprint density at radius 1 is 1.38 bits per heavy atom. The van der Waals surface area contributed by atoms with Crippen molar-refractivity contribution in [2.75, 3.05) is 26.2 Å². The van der Waals surface area contributed by atoms with Gasteiger partial charge in [-0.25, -0.2) is 4.99 Å². The van der Waals surface area contributed by atoms with Gasteiger partial charge in [0.15, 0.2) is 0 Å². The number of piperidine rings is 1. The lowest BCUT2D eigenvalue weighted by atomic mass is 9.95. The summed E-state index contributed by atoms with van der Waals surface area (Å²) in [6, 6.07) is 0. The fourth-order valence-electron chi connectivity index (χ4n) is 3.32. The highest BCUT2D eigenvalue weighted by Gasteiger charge is 2.36. The van der Waals surface area contributed by atoms with Crippen LogP contribution in [-0.2, 0) is 19.1 Å². The average Bonchev–Trinajstić information content (AvgIpc) is 2.65. The van der Waals surface area contributed by atoms with Gasteiger partial charge in [0.25, 0.3) is 0 Å². The lowest BCUT2D eigenvalue weighted by Gasteiger charge is -2.34. The fraction of sp³-hybridized carbons (Fsp3) is 0.500. The molecule has 0 aromatic rings. The summed E-state index contributed by atoms with van der Waals surface area (Å²) >= 11 is 5.21. The lowest BCUT2D eigenvalue weighted by molar-refractivity contribution is -0.151. The summed E-state index contributed by atoms with van der Waals surface area (Å²) in [5.74, 6) is -1.56. The molecule has 1 fully saturated rings. The van der Waals surface area contributed by atoms with E-state index in [1.54, 1.807) is 36.1 Å². The number of ether oxygens (including phenoxy) is 1. The highest BCUT2D eigenvalue weighted by molar-refractivity contribution is 7.80. The van der Waals surface area contributed by atoms with E-state index in [1.165, 1.54) is 4.90 Å². The number of hydrogen-bond donors (Lipinski definition) is 0. The van der Waals surface area contributed by atoms with Crippen LogP contribution in [0.5, 0.6) is 0 Å². The molecule has 0 aromatic heterocycles. The molecule has 138 valence electrons. The van der Waals surface area contributed by atoms with Crippen LogP contribution in [-0.4, -0.2) is 64.6 Å². The molecule has 0 spiro atoms. The summed E-state index contributed by atoms with van der Waals surface area (Å²) in [4.78, 5) is 44.4. The van der Waals surface area contributed by atoms with Gasteiger partial charge in [0, 0.05) is 13.1 Å². The van der Waals surface area contributed by atoms with Gasteiger partial charge in [0.1, 0.15) is 6.54 Å². The van der Waals surface area contributed by atoms with Gasteiger partial charge < -0.3 is 9.64 Å². The Kier molecular flexibility index (Phi) is 5.61. The second-order valence-electron chi connectivity index (χ2n) is 6.40. The first-order valence-corrected chi connectivity index (χ1v) is 9.15. The van der Waals surface area contributed by atoms with Crippen molar-refractivity contribution in [3.05, 3.63) is 24.3 Å².